The third-order valence-corrected chi connectivity index (χ3v) is 3.19. The van der Waals surface area contributed by atoms with Gasteiger partial charge in [-0.05, 0) is 52.9 Å². The van der Waals surface area contributed by atoms with Gasteiger partial charge in [-0.3, -0.25) is 4.79 Å². The van der Waals surface area contributed by atoms with E-state index in [9.17, 15) is 18.0 Å². The van der Waals surface area contributed by atoms with Crippen molar-refractivity contribution in [3.05, 3.63) is 71.3 Å². The maximum absolute atomic E-state index is 13.1. The van der Waals surface area contributed by atoms with Crippen LogP contribution in [-0.2, 0) is 6.54 Å². The van der Waals surface area contributed by atoms with Gasteiger partial charge in [-0.25, -0.2) is 13.2 Å². The molecule has 1 aromatic heterocycles. The second kappa shape index (κ2) is 6.49. The van der Waals surface area contributed by atoms with Gasteiger partial charge in [-0.2, -0.15) is 4.68 Å². The van der Waals surface area contributed by atoms with Crippen LogP contribution >= 0.6 is 0 Å². The number of benzene rings is 2. The molecule has 1 amide bonds. The van der Waals surface area contributed by atoms with Crippen LogP contribution in [0.1, 0.15) is 16.2 Å². The molecule has 0 spiro atoms. The van der Waals surface area contributed by atoms with Gasteiger partial charge in [0.15, 0.2) is 17.5 Å². The smallest absolute Gasteiger partial charge is 0.251 e. The van der Waals surface area contributed by atoms with Crippen LogP contribution in [0, 0.1) is 17.5 Å². The number of rotatable bonds is 4. The van der Waals surface area contributed by atoms with Crippen molar-refractivity contribution in [2.24, 2.45) is 0 Å². The molecule has 3 rings (SSSR count). The Morgan fingerprint density at radius 3 is 2.50 bits per heavy atom. The molecule has 6 nitrogen and oxygen atoms in total. The Balaban J connectivity index is 1.73. The minimum Gasteiger partial charge on any atom is -0.345 e. The molecule has 0 fully saturated rings. The third kappa shape index (κ3) is 3.24. The highest BCUT2D eigenvalue weighted by atomic mass is 19.2. The first-order valence-electron chi connectivity index (χ1n) is 6.81. The van der Waals surface area contributed by atoms with Gasteiger partial charge in [0.05, 0.1) is 12.2 Å². The van der Waals surface area contributed by atoms with Gasteiger partial charge in [0.2, 0.25) is 0 Å². The summed E-state index contributed by atoms with van der Waals surface area (Å²) in [6.07, 6.45) is 0. The second-order valence-corrected chi connectivity index (χ2v) is 4.79. The van der Waals surface area contributed by atoms with Crippen molar-refractivity contribution in [3.8, 4) is 5.69 Å². The van der Waals surface area contributed by atoms with Crippen molar-refractivity contribution < 1.29 is 18.0 Å². The molecule has 0 saturated heterocycles. The van der Waals surface area contributed by atoms with E-state index in [1.807, 2.05) is 0 Å². The molecule has 122 valence electrons. The van der Waals surface area contributed by atoms with E-state index in [4.69, 9.17) is 0 Å². The van der Waals surface area contributed by atoms with E-state index < -0.39 is 23.4 Å². The number of amides is 1. The molecule has 0 radical (unpaired) electrons. The normalized spacial score (nSPS) is 10.6. The van der Waals surface area contributed by atoms with Gasteiger partial charge in [0.1, 0.15) is 5.82 Å². The quantitative estimate of drug-likeness (QED) is 0.793. The number of carbonyl (C=O) groups is 1. The highest BCUT2D eigenvalue weighted by Gasteiger charge is 2.13. The van der Waals surface area contributed by atoms with E-state index in [-0.39, 0.29) is 17.9 Å². The van der Waals surface area contributed by atoms with Crippen LogP contribution in [0.4, 0.5) is 13.2 Å². The number of aromatic nitrogens is 4. The first kappa shape index (κ1) is 15.7. The number of tetrazole rings is 1. The Morgan fingerprint density at radius 1 is 1.04 bits per heavy atom. The summed E-state index contributed by atoms with van der Waals surface area (Å²) < 4.78 is 40.3. The topological polar surface area (TPSA) is 72.7 Å². The van der Waals surface area contributed by atoms with Crippen LogP contribution in [0.3, 0.4) is 0 Å². The zero-order valence-electron chi connectivity index (χ0n) is 12.1. The fourth-order valence-corrected chi connectivity index (χ4v) is 2.00. The summed E-state index contributed by atoms with van der Waals surface area (Å²) in [5.74, 6) is -2.87. The molecule has 0 saturated carbocycles. The van der Waals surface area contributed by atoms with Gasteiger partial charge in [-0.15, -0.1) is 5.10 Å². The molecule has 0 aliphatic carbocycles. The molecule has 0 aliphatic rings. The molecule has 1 heterocycles. The number of carbonyl (C=O) groups excluding carboxylic acids is 1. The number of nitrogens with zero attached hydrogens (tertiary/aromatic N) is 4. The first-order chi connectivity index (χ1) is 11.5. The molecule has 0 bridgehead atoms. The van der Waals surface area contributed by atoms with E-state index in [0.29, 0.717) is 5.69 Å². The summed E-state index contributed by atoms with van der Waals surface area (Å²) in [6.45, 7) is -0.0534. The van der Waals surface area contributed by atoms with Crippen molar-refractivity contribution in [3.63, 3.8) is 0 Å². The number of nitrogens with one attached hydrogen (secondary N) is 1. The summed E-state index contributed by atoms with van der Waals surface area (Å²) in [6, 6.07) is 8.29. The van der Waals surface area contributed by atoms with E-state index in [2.05, 4.69) is 20.8 Å². The predicted molar refractivity (Wildman–Crippen MR) is 76.6 cm³/mol. The van der Waals surface area contributed by atoms with E-state index in [0.717, 1.165) is 18.2 Å². The fraction of sp³-hybridized carbons (Fsp3) is 0.0667. The highest BCUT2D eigenvalue weighted by molar-refractivity contribution is 5.94. The summed E-state index contributed by atoms with van der Waals surface area (Å²) in [7, 11) is 0. The second-order valence-electron chi connectivity index (χ2n) is 4.79. The van der Waals surface area contributed by atoms with Gasteiger partial charge in [0, 0.05) is 5.56 Å². The minimum atomic E-state index is -1.11. The van der Waals surface area contributed by atoms with E-state index in [1.165, 1.54) is 28.9 Å². The SMILES string of the molecule is O=C(NCc1nnnn1-c1ccc(F)cc1)c1ccc(F)c(F)c1. The number of hydrogen-bond donors (Lipinski definition) is 1. The van der Waals surface area contributed by atoms with Crippen LogP contribution < -0.4 is 5.32 Å². The van der Waals surface area contributed by atoms with Crippen molar-refractivity contribution in [2.45, 2.75) is 6.54 Å². The lowest BCUT2D eigenvalue weighted by Gasteiger charge is -2.07. The van der Waals surface area contributed by atoms with Gasteiger partial charge < -0.3 is 5.32 Å². The van der Waals surface area contributed by atoms with Crippen LogP contribution in [0.2, 0.25) is 0 Å². The van der Waals surface area contributed by atoms with Crippen molar-refractivity contribution in [1.82, 2.24) is 25.5 Å². The van der Waals surface area contributed by atoms with Crippen LogP contribution in [0.15, 0.2) is 42.5 Å². The van der Waals surface area contributed by atoms with E-state index in [1.54, 1.807) is 0 Å². The predicted octanol–water partition coefficient (Wildman–Crippen LogP) is 2.01. The average molecular weight is 333 g/mol. The number of halogens is 3. The van der Waals surface area contributed by atoms with Crippen LogP contribution in [0.25, 0.3) is 5.69 Å². The van der Waals surface area contributed by atoms with Crippen LogP contribution in [-0.4, -0.2) is 26.1 Å². The molecule has 0 aliphatic heterocycles. The zero-order valence-corrected chi connectivity index (χ0v) is 12.1. The molecule has 1 N–H and O–H groups in total. The Bertz CT molecular complexity index is 879. The third-order valence-electron chi connectivity index (χ3n) is 3.19. The summed E-state index contributed by atoms with van der Waals surface area (Å²) in [5, 5.41) is 13.5. The van der Waals surface area contributed by atoms with Crippen molar-refractivity contribution in [1.29, 1.82) is 0 Å². The van der Waals surface area contributed by atoms with Gasteiger partial charge in [-0.1, -0.05) is 0 Å². The molecule has 0 atom stereocenters. The lowest BCUT2D eigenvalue weighted by atomic mass is 10.2. The summed E-state index contributed by atoms with van der Waals surface area (Å²) >= 11 is 0. The lowest BCUT2D eigenvalue weighted by Crippen LogP contribution is -2.25. The largest absolute Gasteiger partial charge is 0.345 e. The maximum Gasteiger partial charge on any atom is 0.251 e. The molecular formula is C15H10F3N5O. The van der Waals surface area contributed by atoms with Gasteiger partial charge >= 0.3 is 0 Å². The van der Waals surface area contributed by atoms with Crippen molar-refractivity contribution >= 4 is 5.91 Å². The number of hydrogen-bond acceptors (Lipinski definition) is 4. The molecule has 2 aromatic carbocycles. The standard InChI is InChI=1S/C15H10F3N5O/c16-10-2-4-11(5-3-10)23-14(20-21-22-23)8-19-15(24)9-1-6-12(17)13(18)7-9/h1-7H,8H2,(H,19,24). The summed E-state index contributed by atoms with van der Waals surface area (Å²) in [4.78, 5) is 12.0. The lowest BCUT2D eigenvalue weighted by molar-refractivity contribution is 0.0949. The monoisotopic (exact) mass is 333 g/mol. The Morgan fingerprint density at radius 2 is 1.79 bits per heavy atom. The van der Waals surface area contributed by atoms with Gasteiger partial charge in [0.25, 0.3) is 5.91 Å². The molecule has 24 heavy (non-hydrogen) atoms. The minimum absolute atomic E-state index is 0.0327. The van der Waals surface area contributed by atoms with Crippen molar-refractivity contribution in [2.75, 3.05) is 0 Å². The zero-order chi connectivity index (χ0) is 17.1. The average Bonchev–Trinajstić information content (AvgIpc) is 3.04. The van der Waals surface area contributed by atoms with E-state index >= 15 is 0 Å². The summed E-state index contributed by atoms with van der Waals surface area (Å²) in [5.41, 5.74) is 0.480. The molecule has 9 heteroatoms. The molecule has 3 aromatic rings. The molecular weight excluding hydrogens is 323 g/mol. The Labute approximate surface area is 133 Å². The highest BCUT2D eigenvalue weighted by Crippen LogP contribution is 2.10. The Hall–Kier alpha value is -3.23. The van der Waals surface area contributed by atoms with Crippen LogP contribution in [0.5, 0.6) is 0 Å². The maximum atomic E-state index is 13.1. The first-order valence-corrected chi connectivity index (χ1v) is 6.81. The molecule has 0 unspecified atom stereocenters. The fourth-order valence-electron chi connectivity index (χ4n) is 2.00. The Kier molecular flexibility index (Phi) is 4.23.